The summed E-state index contributed by atoms with van der Waals surface area (Å²) in [7, 11) is -3.22. The van der Waals surface area contributed by atoms with Gasteiger partial charge in [0.2, 0.25) is 0 Å². The molecule has 23 heavy (non-hydrogen) atoms. The Hall–Kier alpha value is -1.86. The maximum absolute atomic E-state index is 12.2. The maximum Gasteiger partial charge on any atom is 0.260 e. The van der Waals surface area contributed by atoms with Crippen molar-refractivity contribution in [1.82, 2.24) is 4.90 Å². The van der Waals surface area contributed by atoms with E-state index in [-0.39, 0.29) is 17.4 Å². The molecule has 2 heterocycles. The van der Waals surface area contributed by atoms with E-state index in [4.69, 9.17) is 4.74 Å². The third-order valence-electron chi connectivity index (χ3n) is 3.77. The van der Waals surface area contributed by atoms with Gasteiger partial charge in [0.25, 0.3) is 5.91 Å². The predicted molar refractivity (Wildman–Crippen MR) is 88.5 cm³/mol. The van der Waals surface area contributed by atoms with Crippen molar-refractivity contribution in [3.8, 4) is 5.75 Å². The van der Waals surface area contributed by atoms with Crippen LogP contribution in [-0.2, 0) is 27.6 Å². The first-order valence-corrected chi connectivity index (χ1v) is 9.96. The van der Waals surface area contributed by atoms with Crippen molar-refractivity contribution >= 4 is 27.1 Å². The van der Waals surface area contributed by atoms with Gasteiger partial charge in [0.05, 0.1) is 4.90 Å². The molecule has 0 saturated heterocycles. The Morgan fingerprint density at radius 1 is 1.26 bits per heavy atom. The minimum absolute atomic E-state index is 0.0440. The van der Waals surface area contributed by atoms with Crippen LogP contribution in [0.2, 0.25) is 0 Å². The first kappa shape index (κ1) is 16.0. The van der Waals surface area contributed by atoms with Gasteiger partial charge in [-0.25, -0.2) is 8.42 Å². The van der Waals surface area contributed by atoms with E-state index in [1.807, 2.05) is 0 Å². The van der Waals surface area contributed by atoms with Crippen LogP contribution in [0.15, 0.2) is 40.6 Å². The largest absolute Gasteiger partial charge is 0.484 e. The number of carbonyl (C=O) groups excluding carboxylic acids is 1. The van der Waals surface area contributed by atoms with Gasteiger partial charge in [0.15, 0.2) is 16.4 Å². The van der Waals surface area contributed by atoms with Crippen LogP contribution in [0.4, 0.5) is 0 Å². The highest BCUT2D eigenvalue weighted by atomic mass is 32.2. The lowest BCUT2D eigenvalue weighted by molar-refractivity contribution is -0.134. The second kappa shape index (κ2) is 6.33. The Bertz CT molecular complexity index is 809. The highest BCUT2D eigenvalue weighted by molar-refractivity contribution is 7.90. The van der Waals surface area contributed by atoms with E-state index in [0.29, 0.717) is 18.8 Å². The van der Waals surface area contributed by atoms with Crippen LogP contribution in [0.3, 0.4) is 0 Å². The quantitative estimate of drug-likeness (QED) is 0.846. The first-order chi connectivity index (χ1) is 10.9. The molecule has 0 aliphatic carbocycles. The molecule has 3 rings (SSSR count). The van der Waals surface area contributed by atoms with Gasteiger partial charge in [-0.05, 0) is 47.7 Å². The Kier molecular flexibility index (Phi) is 4.41. The topological polar surface area (TPSA) is 63.7 Å². The fraction of sp³-hybridized carbons (Fsp3) is 0.312. The van der Waals surface area contributed by atoms with Crippen molar-refractivity contribution in [3.63, 3.8) is 0 Å². The molecule has 1 aliphatic rings. The Morgan fingerprint density at radius 2 is 2.00 bits per heavy atom. The van der Waals surface area contributed by atoms with Gasteiger partial charge >= 0.3 is 0 Å². The average Bonchev–Trinajstić information content (AvgIpc) is 2.99. The standard InChI is InChI=1S/C16H17NO4S2/c1-23(19,20)14-4-2-13(3-5-14)21-11-16(18)17-8-6-15-12(10-17)7-9-22-15/h2-5,7,9H,6,8,10-11H2,1H3. The van der Waals surface area contributed by atoms with Gasteiger partial charge in [-0.15, -0.1) is 11.3 Å². The third kappa shape index (κ3) is 3.73. The summed E-state index contributed by atoms with van der Waals surface area (Å²) in [6.07, 6.45) is 2.04. The molecule has 1 aromatic heterocycles. The Morgan fingerprint density at radius 3 is 2.70 bits per heavy atom. The van der Waals surface area contributed by atoms with Gasteiger partial charge in [-0.1, -0.05) is 0 Å². The molecule has 0 N–H and O–H groups in total. The molecule has 0 fully saturated rings. The summed E-state index contributed by atoms with van der Waals surface area (Å²) in [6.45, 7) is 1.30. The zero-order chi connectivity index (χ0) is 16.4. The number of hydrogen-bond donors (Lipinski definition) is 0. The van der Waals surface area contributed by atoms with Crippen molar-refractivity contribution in [3.05, 3.63) is 46.2 Å². The van der Waals surface area contributed by atoms with Gasteiger partial charge in [-0.3, -0.25) is 4.79 Å². The zero-order valence-corrected chi connectivity index (χ0v) is 14.3. The average molecular weight is 351 g/mol. The van der Waals surface area contributed by atoms with Gasteiger partial charge in [0, 0.05) is 24.2 Å². The number of amides is 1. The number of benzene rings is 1. The molecular weight excluding hydrogens is 334 g/mol. The lowest BCUT2D eigenvalue weighted by Crippen LogP contribution is -2.38. The number of fused-ring (bicyclic) bond motifs is 1. The van der Waals surface area contributed by atoms with E-state index in [1.54, 1.807) is 28.4 Å². The van der Waals surface area contributed by atoms with Crippen LogP contribution in [0, 0.1) is 0 Å². The number of sulfone groups is 1. The monoisotopic (exact) mass is 351 g/mol. The van der Waals surface area contributed by atoms with Gasteiger partial charge in [-0.2, -0.15) is 0 Å². The molecule has 0 unspecified atom stereocenters. The molecule has 1 aliphatic heterocycles. The van der Waals surface area contributed by atoms with Crippen LogP contribution >= 0.6 is 11.3 Å². The van der Waals surface area contributed by atoms with Crippen molar-refractivity contribution in [2.24, 2.45) is 0 Å². The summed E-state index contributed by atoms with van der Waals surface area (Å²) in [5, 5.41) is 2.05. The lowest BCUT2D eigenvalue weighted by Gasteiger charge is -2.26. The van der Waals surface area contributed by atoms with E-state index in [9.17, 15) is 13.2 Å². The maximum atomic E-state index is 12.2. The Balaban J connectivity index is 1.57. The molecule has 122 valence electrons. The molecule has 1 aromatic carbocycles. The van der Waals surface area contributed by atoms with Gasteiger partial charge < -0.3 is 9.64 Å². The second-order valence-corrected chi connectivity index (χ2v) is 8.48. The van der Waals surface area contributed by atoms with Crippen LogP contribution in [0.5, 0.6) is 5.75 Å². The van der Waals surface area contributed by atoms with Gasteiger partial charge in [0.1, 0.15) is 5.75 Å². The SMILES string of the molecule is CS(=O)(=O)c1ccc(OCC(=O)N2CCc3sccc3C2)cc1. The van der Waals surface area contributed by atoms with Crippen molar-refractivity contribution in [2.75, 3.05) is 19.4 Å². The summed E-state index contributed by atoms with van der Waals surface area (Å²) in [5.74, 6) is 0.424. The predicted octanol–water partition coefficient (Wildman–Crippen LogP) is 2.12. The highest BCUT2D eigenvalue weighted by Crippen LogP contribution is 2.24. The summed E-state index contributed by atoms with van der Waals surface area (Å²) in [5.41, 5.74) is 1.21. The number of thiophene rings is 1. The fourth-order valence-corrected chi connectivity index (χ4v) is 4.00. The highest BCUT2D eigenvalue weighted by Gasteiger charge is 2.21. The normalized spacial score (nSPS) is 14.4. The number of ether oxygens (including phenoxy) is 1. The molecule has 0 saturated carbocycles. The van der Waals surface area contributed by atoms with Crippen LogP contribution in [0.1, 0.15) is 10.4 Å². The smallest absolute Gasteiger partial charge is 0.260 e. The van der Waals surface area contributed by atoms with E-state index < -0.39 is 9.84 Å². The summed E-state index contributed by atoms with van der Waals surface area (Å²) in [4.78, 5) is 15.6. The molecule has 7 heteroatoms. The number of nitrogens with zero attached hydrogens (tertiary/aromatic N) is 1. The molecule has 0 atom stereocenters. The third-order valence-corrected chi connectivity index (χ3v) is 5.93. The van der Waals surface area contributed by atoms with E-state index in [1.165, 1.54) is 22.6 Å². The minimum Gasteiger partial charge on any atom is -0.484 e. The second-order valence-electron chi connectivity index (χ2n) is 5.47. The molecular formula is C16H17NO4S2. The Labute approximate surface area is 139 Å². The summed E-state index contributed by atoms with van der Waals surface area (Å²) < 4.78 is 28.3. The molecule has 2 aromatic rings. The van der Waals surface area contributed by atoms with E-state index >= 15 is 0 Å². The number of carbonyl (C=O) groups is 1. The molecule has 5 nitrogen and oxygen atoms in total. The molecule has 0 bridgehead atoms. The number of rotatable bonds is 4. The lowest BCUT2D eigenvalue weighted by atomic mass is 10.1. The van der Waals surface area contributed by atoms with Crippen LogP contribution in [-0.4, -0.2) is 38.6 Å². The van der Waals surface area contributed by atoms with E-state index in [0.717, 1.165) is 12.7 Å². The first-order valence-electron chi connectivity index (χ1n) is 7.19. The minimum atomic E-state index is -3.22. The summed E-state index contributed by atoms with van der Waals surface area (Å²) in [6, 6.07) is 8.15. The van der Waals surface area contributed by atoms with Crippen molar-refractivity contribution in [1.29, 1.82) is 0 Å². The number of hydrogen-bond acceptors (Lipinski definition) is 5. The van der Waals surface area contributed by atoms with Crippen molar-refractivity contribution < 1.29 is 17.9 Å². The zero-order valence-electron chi connectivity index (χ0n) is 12.7. The fourth-order valence-electron chi connectivity index (χ4n) is 2.48. The van der Waals surface area contributed by atoms with Crippen LogP contribution in [0.25, 0.3) is 0 Å². The molecule has 1 amide bonds. The molecule has 0 spiro atoms. The van der Waals surface area contributed by atoms with E-state index in [2.05, 4.69) is 11.4 Å². The van der Waals surface area contributed by atoms with Crippen molar-refractivity contribution in [2.45, 2.75) is 17.9 Å². The summed E-state index contributed by atoms with van der Waals surface area (Å²) >= 11 is 1.73. The van der Waals surface area contributed by atoms with Crippen LogP contribution < -0.4 is 4.74 Å². The molecule has 0 radical (unpaired) electrons.